The molecule has 0 N–H and O–H groups in total. The summed E-state index contributed by atoms with van der Waals surface area (Å²) in [6.45, 7) is 0. The largest absolute Gasteiger partial charge is 0.294 e. The molecule has 1 atom stereocenters. The van der Waals surface area contributed by atoms with Crippen LogP contribution in [0.25, 0.3) is 0 Å². The van der Waals surface area contributed by atoms with E-state index in [1.807, 2.05) is 5.38 Å². The van der Waals surface area contributed by atoms with Gasteiger partial charge in [-0.25, -0.2) is 8.42 Å². The minimum absolute atomic E-state index is 0.0840. The highest BCUT2D eigenvalue weighted by atomic mass is 79.9. The molecule has 0 aliphatic carbocycles. The van der Waals surface area contributed by atoms with Crippen LogP contribution in [-0.4, -0.2) is 14.2 Å². The van der Waals surface area contributed by atoms with Crippen LogP contribution in [0.4, 0.5) is 0 Å². The minimum atomic E-state index is -3.65. The summed E-state index contributed by atoms with van der Waals surface area (Å²) in [5.41, 5.74) is 0.507. The number of hydrogen-bond donors (Lipinski definition) is 0. The highest BCUT2D eigenvalue weighted by molar-refractivity contribution is 9.10. The molecular weight excluding hydrogens is 420 g/mol. The molecule has 0 aliphatic heterocycles. The first-order chi connectivity index (χ1) is 12.0. The third kappa shape index (κ3) is 4.08. The number of carbonyl (C=O) groups excluding carboxylic acids is 1. The van der Waals surface area contributed by atoms with Crippen LogP contribution in [0.1, 0.15) is 26.9 Å². The van der Waals surface area contributed by atoms with Crippen LogP contribution in [0, 0.1) is 0 Å². The van der Waals surface area contributed by atoms with Gasteiger partial charge < -0.3 is 0 Å². The predicted molar refractivity (Wildman–Crippen MR) is 104 cm³/mol. The maximum absolute atomic E-state index is 13.1. The van der Waals surface area contributed by atoms with Crippen molar-refractivity contribution < 1.29 is 13.2 Å². The van der Waals surface area contributed by atoms with Crippen molar-refractivity contribution in [2.45, 2.75) is 16.6 Å². The third-order valence-electron chi connectivity index (χ3n) is 3.84. The Morgan fingerprint density at radius 3 is 2.24 bits per heavy atom. The molecule has 0 radical (unpaired) electrons. The molecule has 3 aromatic rings. The number of rotatable bonds is 6. The number of halogens is 1. The average Bonchev–Trinajstić information content (AvgIpc) is 3.15. The highest BCUT2D eigenvalue weighted by Gasteiger charge is 2.32. The summed E-state index contributed by atoms with van der Waals surface area (Å²) < 4.78 is 27.1. The van der Waals surface area contributed by atoms with Gasteiger partial charge in [0.2, 0.25) is 0 Å². The first-order valence-electron chi connectivity index (χ1n) is 7.59. The van der Waals surface area contributed by atoms with Gasteiger partial charge in [0.05, 0.1) is 4.90 Å². The van der Waals surface area contributed by atoms with E-state index in [1.165, 1.54) is 11.3 Å². The summed E-state index contributed by atoms with van der Waals surface area (Å²) in [6, 6.07) is 18.8. The maximum atomic E-state index is 13.1. The average molecular weight is 435 g/mol. The van der Waals surface area contributed by atoms with E-state index < -0.39 is 15.1 Å². The van der Waals surface area contributed by atoms with Crippen LogP contribution in [0.5, 0.6) is 0 Å². The van der Waals surface area contributed by atoms with E-state index in [9.17, 15) is 13.2 Å². The lowest BCUT2D eigenvalue weighted by Crippen LogP contribution is -2.17. The van der Waals surface area contributed by atoms with Crippen molar-refractivity contribution in [3.05, 3.63) is 87.0 Å². The predicted octanol–water partition coefficient (Wildman–Crippen LogP) is 5.30. The monoisotopic (exact) mass is 434 g/mol. The van der Waals surface area contributed by atoms with Crippen LogP contribution in [0.15, 0.2) is 81.5 Å². The van der Waals surface area contributed by atoms with Crippen molar-refractivity contribution in [3.8, 4) is 0 Å². The quantitative estimate of drug-likeness (QED) is 0.494. The highest BCUT2D eigenvalue weighted by Crippen LogP contribution is 2.35. The zero-order valence-electron chi connectivity index (χ0n) is 13.1. The number of benzene rings is 2. The van der Waals surface area contributed by atoms with Gasteiger partial charge in [0.15, 0.2) is 15.6 Å². The lowest BCUT2D eigenvalue weighted by atomic mass is 10.1. The second kappa shape index (κ2) is 7.64. The summed E-state index contributed by atoms with van der Waals surface area (Å²) in [6.07, 6.45) is -0.0840. The van der Waals surface area contributed by atoms with E-state index in [2.05, 4.69) is 15.9 Å². The normalized spacial score (nSPS) is 12.7. The van der Waals surface area contributed by atoms with E-state index in [0.717, 1.165) is 4.47 Å². The fraction of sp³-hybridized carbons (Fsp3) is 0.105. The van der Waals surface area contributed by atoms with Gasteiger partial charge in [0.1, 0.15) is 5.25 Å². The Morgan fingerprint density at radius 2 is 1.64 bits per heavy atom. The van der Waals surface area contributed by atoms with Gasteiger partial charge in [0, 0.05) is 21.3 Å². The summed E-state index contributed by atoms with van der Waals surface area (Å²) in [5, 5.41) is 0.943. The lowest BCUT2D eigenvalue weighted by Gasteiger charge is -2.16. The standard InChI is InChI=1S/C19H15BrO3S2/c20-15-10-8-14(9-11-15)17(21)13-19(18-7-4-12-24-18)25(22,23)16-5-2-1-3-6-16/h1-12,19H,13H2. The topological polar surface area (TPSA) is 51.2 Å². The van der Waals surface area contributed by atoms with Gasteiger partial charge in [-0.1, -0.05) is 52.3 Å². The van der Waals surface area contributed by atoms with E-state index >= 15 is 0 Å². The van der Waals surface area contributed by atoms with E-state index in [0.29, 0.717) is 10.4 Å². The van der Waals surface area contributed by atoms with Gasteiger partial charge in [-0.15, -0.1) is 11.3 Å². The third-order valence-corrected chi connectivity index (χ3v) is 7.61. The van der Waals surface area contributed by atoms with Gasteiger partial charge >= 0.3 is 0 Å². The van der Waals surface area contributed by atoms with Gasteiger partial charge in [-0.05, 0) is 35.7 Å². The molecule has 2 aromatic carbocycles. The van der Waals surface area contributed by atoms with Crippen molar-refractivity contribution in [2.75, 3.05) is 0 Å². The maximum Gasteiger partial charge on any atom is 0.186 e. The van der Waals surface area contributed by atoms with Crippen molar-refractivity contribution in [3.63, 3.8) is 0 Å². The molecule has 0 aliphatic rings. The number of hydrogen-bond acceptors (Lipinski definition) is 4. The van der Waals surface area contributed by atoms with Crippen LogP contribution >= 0.6 is 27.3 Å². The van der Waals surface area contributed by atoms with Gasteiger partial charge in [-0.2, -0.15) is 0 Å². The Hall–Kier alpha value is -1.76. The number of thiophene rings is 1. The van der Waals surface area contributed by atoms with Crippen molar-refractivity contribution in [1.29, 1.82) is 0 Å². The Balaban J connectivity index is 1.96. The zero-order valence-corrected chi connectivity index (χ0v) is 16.4. The SMILES string of the molecule is O=C(CC(c1cccs1)S(=O)(=O)c1ccccc1)c1ccc(Br)cc1. The molecule has 128 valence electrons. The van der Waals surface area contributed by atoms with Crippen molar-refractivity contribution in [1.82, 2.24) is 0 Å². The summed E-state index contributed by atoms with van der Waals surface area (Å²) in [7, 11) is -3.65. The second-order valence-corrected chi connectivity index (χ2v) is 9.52. The zero-order chi connectivity index (χ0) is 17.9. The van der Waals surface area contributed by atoms with Crippen LogP contribution in [0.2, 0.25) is 0 Å². The molecule has 3 rings (SSSR count). The molecule has 1 unspecified atom stereocenters. The van der Waals surface area contributed by atoms with E-state index in [-0.39, 0.29) is 17.1 Å². The van der Waals surface area contributed by atoms with Crippen LogP contribution < -0.4 is 0 Å². The molecule has 1 aromatic heterocycles. The second-order valence-electron chi connectivity index (χ2n) is 5.50. The lowest BCUT2D eigenvalue weighted by molar-refractivity contribution is 0.0981. The number of carbonyl (C=O) groups is 1. The van der Waals surface area contributed by atoms with Crippen LogP contribution in [0.3, 0.4) is 0 Å². The molecule has 3 nitrogen and oxygen atoms in total. The van der Waals surface area contributed by atoms with E-state index in [1.54, 1.807) is 66.7 Å². The molecule has 25 heavy (non-hydrogen) atoms. The summed E-state index contributed by atoms with van der Waals surface area (Å²) >= 11 is 4.69. The Kier molecular flexibility index (Phi) is 5.51. The molecule has 0 fully saturated rings. The summed E-state index contributed by atoms with van der Waals surface area (Å²) in [5.74, 6) is -0.189. The molecule has 0 saturated heterocycles. The molecule has 0 spiro atoms. The first kappa shape index (κ1) is 18.0. The summed E-state index contributed by atoms with van der Waals surface area (Å²) in [4.78, 5) is 13.6. The number of sulfone groups is 1. The Labute approximate surface area is 159 Å². The molecule has 0 bridgehead atoms. The molecule has 0 saturated carbocycles. The fourth-order valence-corrected chi connectivity index (χ4v) is 5.67. The minimum Gasteiger partial charge on any atom is -0.294 e. The van der Waals surface area contributed by atoms with Crippen LogP contribution in [-0.2, 0) is 9.84 Å². The molecule has 0 amide bonds. The fourth-order valence-electron chi connectivity index (χ4n) is 2.53. The first-order valence-corrected chi connectivity index (χ1v) is 10.8. The molecule has 6 heteroatoms. The van der Waals surface area contributed by atoms with Crippen molar-refractivity contribution in [2.24, 2.45) is 0 Å². The number of ketones is 1. The van der Waals surface area contributed by atoms with Crippen molar-refractivity contribution >= 4 is 42.9 Å². The van der Waals surface area contributed by atoms with Gasteiger partial charge in [0.25, 0.3) is 0 Å². The Morgan fingerprint density at radius 1 is 0.960 bits per heavy atom. The molecular formula is C19H15BrO3S2. The molecule has 1 heterocycles. The number of Topliss-reactive ketones (excluding diaryl/α,β-unsaturated/α-hetero) is 1. The van der Waals surface area contributed by atoms with E-state index in [4.69, 9.17) is 0 Å². The van der Waals surface area contributed by atoms with Gasteiger partial charge in [-0.3, -0.25) is 4.79 Å². The Bertz CT molecular complexity index is 948. The smallest absolute Gasteiger partial charge is 0.186 e.